The lowest BCUT2D eigenvalue weighted by Crippen LogP contribution is -2.02. The third-order valence-corrected chi connectivity index (χ3v) is 2.37. The van der Waals surface area contributed by atoms with Crippen LogP contribution in [-0.4, -0.2) is 23.8 Å². The minimum atomic E-state index is -0.372. The third-order valence-electron chi connectivity index (χ3n) is 2.37. The first kappa shape index (κ1) is 12.5. The molecule has 0 fully saturated rings. The topological polar surface area (TPSA) is 54.5 Å². The van der Waals surface area contributed by atoms with Crippen molar-refractivity contribution in [2.75, 3.05) is 7.11 Å². The quantitative estimate of drug-likeness (QED) is 0.631. The molecule has 1 aromatic heterocycles. The number of nitrogens with one attached hydrogen (secondary N) is 1. The lowest BCUT2D eigenvalue weighted by atomic mass is 10.1. The molecule has 0 radical (unpaired) electrons. The van der Waals surface area contributed by atoms with E-state index in [2.05, 4.69) is 9.98 Å². The van der Waals surface area contributed by atoms with Crippen molar-refractivity contribution in [2.24, 2.45) is 4.99 Å². The van der Waals surface area contributed by atoms with E-state index in [0.717, 1.165) is 23.4 Å². The molecule has 1 aromatic rings. The zero-order valence-electron chi connectivity index (χ0n) is 10.5. The molecular weight excluding hydrogens is 204 g/mol. The zero-order chi connectivity index (χ0) is 12.3. The van der Waals surface area contributed by atoms with Crippen LogP contribution in [0.25, 0.3) is 0 Å². The molecule has 0 aliphatic heterocycles. The average Bonchev–Trinajstić information content (AvgIpc) is 2.53. The number of carbonyl (C=O) groups excluding carboxylic acids is 1. The van der Waals surface area contributed by atoms with E-state index in [9.17, 15) is 4.79 Å². The predicted molar refractivity (Wildman–Crippen MR) is 64.7 cm³/mol. The van der Waals surface area contributed by atoms with Gasteiger partial charge in [0.1, 0.15) is 0 Å². The molecule has 0 amide bonds. The van der Waals surface area contributed by atoms with Crippen LogP contribution in [0.4, 0.5) is 5.69 Å². The number of nitrogens with zero attached hydrogens (tertiary/aromatic N) is 1. The van der Waals surface area contributed by atoms with Crippen molar-refractivity contribution < 1.29 is 9.53 Å². The number of carbonyl (C=O) groups is 1. The van der Waals surface area contributed by atoms with E-state index in [4.69, 9.17) is 4.74 Å². The van der Waals surface area contributed by atoms with Crippen LogP contribution in [0.5, 0.6) is 0 Å². The van der Waals surface area contributed by atoms with Gasteiger partial charge in [-0.1, -0.05) is 6.92 Å². The van der Waals surface area contributed by atoms with Crippen LogP contribution in [0, 0.1) is 6.92 Å². The first-order valence-corrected chi connectivity index (χ1v) is 5.32. The number of aromatic amines is 1. The molecule has 0 spiro atoms. The van der Waals surface area contributed by atoms with Gasteiger partial charge in [-0.25, -0.2) is 4.79 Å². The highest BCUT2D eigenvalue weighted by atomic mass is 16.5. The van der Waals surface area contributed by atoms with Gasteiger partial charge in [0.2, 0.25) is 0 Å². The fraction of sp³-hybridized carbons (Fsp3) is 0.500. The second-order valence-corrected chi connectivity index (χ2v) is 3.86. The van der Waals surface area contributed by atoms with Gasteiger partial charge in [-0.15, -0.1) is 0 Å². The van der Waals surface area contributed by atoms with E-state index in [1.165, 1.54) is 7.11 Å². The Labute approximate surface area is 95.7 Å². The summed E-state index contributed by atoms with van der Waals surface area (Å²) in [6.45, 7) is 7.79. The average molecular weight is 222 g/mol. The molecule has 16 heavy (non-hydrogen) atoms. The maximum atomic E-state index is 11.6. The van der Waals surface area contributed by atoms with Crippen LogP contribution < -0.4 is 0 Å². The molecule has 1 rings (SSSR count). The number of aryl methyl sites for hydroxylation is 1. The Morgan fingerprint density at radius 2 is 2.06 bits per heavy atom. The summed E-state index contributed by atoms with van der Waals surface area (Å²) in [4.78, 5) is 19.0. The van der Waals surface area contributed by atoms with Gasteiger partial charge in [0.25, 0.3) is 0 Å². The van der Waals surface area contributed by atoms with Crippen molar-refractivity contribution in [3.05, 3.63) is 17.0 Å². The standard InChI is InChI=1S/C12H18N2O2/c1-6-9-8(4)14-11(12(15)16-5)10(9)13-7(2)3/h14H,6H2,1-5H3. The molecule has 0 aromatic carbocycles. The monoisotopic (exact) mass is 222 g/mol. The molecule has 0 bridgehead atoms. The predicted octanol–water partition coefficient (Wildman–Crippen LogP) is 2.78. The molecule has 1 heterocycles. The summed E-state index contributed by atoms with van der Waals surface area (Å²) in [5.41, 5.74) is 4.12. The summed E-state index contributed by atoms with van der Waals surface area (Å²) in [6.07, 6.45) is 0.839. The summed E-state index contributed by atoms with van der Waals surface area (Å²) < 4.78 is 4.73. The maximum absolute atomic E-state index is 11.6. The third kappa shape index (κ3) is 2.32. The van der Waals surface area contributed by atoms with Gasteiger partial charge >= 0.3 is 5.97 Å². The number of aromatic nitrogens is 1. The Hall–Kier alpha value is -1.58. The summed E-state index contributed by atoms with van der Waals surface area (Å²) in [5, 5.41) is 0. The molecule has 0 aliphatic rings. The van der Waals surface area contributed by atoms with Crippen molar-refractivity contribution in [3.8, 4) is 0 Å². The number of hydrogen-bond donors (Lipinski definition) is 1. The molecule has 4 nitrogen and oxygen atoms in total. The number of esters is 1. The van der Waals surface area contributed by atoms with E-state index in [0.29, 0.717) is 11.4 Å². The van der Waals surface area contributed by atoms with E-state index in [1.807, 2.05) is 27.7 Å². The second-order valence-electron chi connectivity index (χ2n) is 3.86. The molecule has 0 saturated carbocycles. The number of methoxy groups -OCH3 is 1. The van der Waals surface area contributed by atoms with Crippen LogP contribution in [0.2, 0.25) is 0 Å². The molecule has 0 atom stereocenters. The van der Waals surface area contributed by atoms with Gasteiger partial charge in [-0.2, -0.15) is 0 Å². The van der Waals surface area contributed by atoms with E-state index in [1.54, 1.807) is 0 Å². The summed E-state index contributed by atoms with van der Waals surface area (Å²) >= 11 is 0. The normalized spacial score (nSPS) is 10.1. The highest BCUT2D eigenvalue weighted by molar-refractivity contribution is 5.96. The Morgan fingerprint density at radius 3 is 2.50 bits per heavy atom. The Kier molecular flexibility index (Phi) is 3.88. The fourth-order valence-electron chi connectivity index (χ4n) is 1.68. The molecule has 0 unspecified atom stereocenters. The SMILES string of the molecule is CCc1c(C)[nH]c(C(=O)OC)c1N=C(C)C. The van der Waals surface area contributed by atoms with Gasteiger partial charge in [0, 0.05) is 11.4 Å². The summed E-state index contributed by atoms with van der Waals surface area (Å²) in [5.74, 6) is -0.372. The molecule has 4 heteroatoms. The van der Waals surface area contributed by atoms with Crippen molar-refractivity contribution in [1.29, 1.82) is 0 Å². The zero-order valence-corrected chi connectivity index (χ0v) is 10.5. The Morgan fingerprint density at radius 1 is 1.44 bits per heavy atom. The maximum Gasteiger partial charge on any atom is 0.356 e. The molecule has 0 aliphatic carbocycles. The number of aliphatic imine (C=N–C) groups is 1. The van der Waals surface area contributed by atoms with Gasteiger partial charge in [-0.3, -0.25) is 4.99 Å². The summed E-state index contributed by atoms with van der Waals surface area (Å²) in [7, 11) is 1.37. The second kappa shape index (κ2) is 4.96. The van der Waals surface area contributed by atoms with Crippen molar-refractivity contribution >= 4 is 17.4 Å². The lowest BCUT2D eigenvalue weighted by molar-refractivity contribution is 0.0595. The van der Waals surface area contributed by atoms with E-state index < -0.39 is 0 Å². The molecule has 88 valence electrons. The number of ether oxygens (including phenoxy) is 1. The highest BCUT2D eigenvalue weighted by Gasteiger charge is 2.19. The van der Waals surface area contributed by atoms with Gasteiger partial charge in [0.15, 0.2) is 5.69 Å². The molecular formula is C12H18N2O2. The van der Waals surface area contributed by atoms with Crippen molar-refractivity contribution in [1.82, 2.24) is 4.98 Å². The van der Waals surface area contributed by atoms with Crippen LogP contribution in [0.3, 0.4) is 0 Å². The lowest BCUT2D eigenvalue weighted by Gasteiger charge is -2.00. The number of rotatable bonds is 3. The van der Waals surface area contributed by atoms with Gasteiger partial charge < -0.3 is 9.72 Å². The first-order valence-electron chi connectivity index (χ1n) is 5.32. The van der Waals surface area contributed by atoms with Crippen LogP contribution in [0.1, 0.15) is 42.5 Å². The Bertz CT molecular complexity index is 426. The summed E-state index contributed by atoms with van der Waals surface area (Å²) in [6, 6.07) is 0. The minimum absolute atomic E-state index is 0.372. The van der Waals surface area contributed by atoms with Gasteiger partial charge in [-0.05, 0) is 32.8 Å². The minimum Gasteiger partial charge on any atom is -0.464 e. The smallest absolute Gasteiger partial charge is 0.356 e. The molecule has 1 N–H and O–H groups in total. The van der Waals surface area contributed by atoms with Crippen molar-refractivity contribution in [3.63, 3.8) is 0 Å². The van der Waals surface area contributed by atoms with Crippen LogP contribution >= 0.6 is 0 Å². The van der Waals surface area contributed by atoms with Gasteiger partial charge in [0.05, 0.1) is 12.8 Å². The number of H-pyrrole nitrogens is 1. The first-order chi connectivity index (χ1) is 7.51. The Balaban J connectivity index is 3.38. The van der Waals surface area contributed by atoms with Crippen LogP contribution in [0.15, 0.2) is 4.99 Å². The largest absolute Gasteiger partial charge is 0.464 e. The van der Waals surface area contributed by atoms with E-state index in [-0.39, 0.29) is 5.97 Å². The van der Waals surface area contributed by atoms with E-state index >= 15 is 0 Å². The molecule has 0 saturated heterocycles. The van der Waals surface area contributed by atoms with Crippen molar-refractivity contribution in [2.45, 2.75) is 34.1 Å². The fourth-order valence-corrected chi connectivity index (χ4v) is 1.68. The van der Waals surface area contributed by atoms with Crippen LogP contribution in [-0.2, 0) is 11.2 Å². The highest BCUT2D eigenvalue weighted by Crippen LogP contribution is 2.29. The number of hydrogen-bond acceptors (Lipinski definition) is 3.